The molecule has 2 aromatic rings. The zero-order valence-corrected chi connectivity index (χ0v) is 19.7. The summed E-state index contributed by atoms with van der Waals surface area (Å²) in [6.45, 7) is 4.35. The first-order valence-corrected chi connectivity index (χ1v) is 12.1. The van der Waals surface area contributed by atoms with Gasteiger partial charge in [0.25, 0.3) is 0 Å². The minimum Gasteiger partial charge on any atom is -0.492 e. The van der Waals surface area contributed by atoms with Crippen molar-refractivity contribution in [3.8, 4) is 5.75 Å². The summed E-state index contributed by atoms with van der Waals surface area (Å²) in [5.74, 6) is 0.174. The molecule has 2 unspecified atom stereocenters. The third kappa shape index (κ3) is 6.04. The van der Waals surface area contributed by atoms with Crippen molar-refractivity contribution in [1.29, 1.82) is 0 Å². The maximum atomic E-state index is 11.3. The molecule has 5 nitrogen and oxygen atoms in total. The van der Waals surface area contributed by atoms with Gasteiger partial charge in [-0.2, -0.15) is 0 Å². The van der Waals surface area contributed by atoms with Crippen LogP contribution in [0.4, 0.5) is 0 Å². The molecule has 34 heavy (non-hydrogen) atoms. The van der Waals surface area contributed by atoms with E-state index in [1.165, 1.54) is 22.3 Å². The smallest absolute Gasteiger partial charge is 0.333 e. The molecule has 4 rings (SSSR count). The Morgan fingerprint density at radius 1 is 1.15 bits per heavy atom. The van der Waals surface area contributed by atoms with Gasteiger partial charge in [-0.05, 0) is 59.7 Å². The fraction of sp³-hybridized carbons (Fsp3) is 0.345. The second kappa shape index (κ2) is 11.8. The Hall–Kier alpha value is -3.15. The van der Waals surface area contributed by atoms with Gasteiger partial charge in [-0.1, -0.05) is 60.7 Å². The van der Waals surface area contributed by atoms with Crippen molar-refractivity contribution >= 4 is 5.97 Å². The van der Waals surface area contributed by atoms with Crippen LogP contribution in [0.2, 0.25) is 0 Å². The minimum absolute atomic E-state index is 0.335. The largest absolute Gasteiger partial charge is 0.492 e. The highest BCUT2D eigenvalue weighted by atomic mass is 16.5. The van der Waals surface area contributed by atoms with Crippen molar-refractivity contribution in [2.75, 3.05) is 26.3 Å². The Morgan fingerprint density at radius 3 is 2.76 bits per heavy atom. The summed E-state index contributed by atoms with van der Waals surface area (Å²) in [6.07, 6.45) is 10.6. The molecule has 2 N–H and O–H groups in total. The lowest BCUT2D eigenvalue weighted by Crippen LogP contribution is -2.28. The monoisotopic (exact) mass is 459 g/mol. The van der Waals surface area contributed by atoms with Crippen LogP contribution in [-0.2, 0) is 22.4 Å². The van der Waals surface area contributed by atoms with Crippen molar-refractivity contribution in [3.05, 3.63) is 101 Å². The van der Waals surface area contributed by atoms with Crippen LogP contribution in [0.1, 0.15) is 36.0 Å². The zero-order chi connectivity index (χ0) is 23.8. The Balaban J connectivity index is 1.29. The van der Waals surface area contributed by atoms with Crippen LogP contribution in [-0.4, -0.2) is 43.5 Å². The number of hydrogen-bond donors (Lipinski definition) is 2. The molecule has 0 heterocycles. The maximum absolute atomic E-state index is 11.3. The van der Waals surface area contributed by atoms with E-state index in [-0.39, 0.29) is 0 Å². The summed E-state index contributed by atoms with van der Waals surface area (Å²) in [7, 11) is 0. The van der Waals surface area contributed by atoms with E-state index in [0.29, 0.717) is 25.6 Å². The molecule has 0 amide bonds. The van der Waals surface area contributed by atoms with E-state index in [2.05, 4.69) is 53.9 Å². The first-order valence-electron chi connectivity index (χ1n) is 12.1. The fourth-order valence-electron chi connectivity index (χ4n) is 4.66. The van der Waals surface area contributed by atoms with E-state index in [9.17, 15) is 9.90 Å². The molecular formula is C29H33NO4. The molecule has 0 aliphatic heterocycles. The van der Waals surface area contributed by atoms with Crippen LogP contribution in [0.3, 0.4) is 0 Å². The third-order valence-corrected chi connectivity index (χ3v) is 6.38. The quantitative estimate of drug-likeness (QED) is 0.471. The Labute approximate surface area is 201 Å². The number of fused-ring (bicyclic) bond motifs is 2. The van der Waals surface area contributed by atoms with Crippen molar-refractivity contribution in [3.63, 3.8) is 0 Å². The highest BCUT2D eigenvalue weighted by molar-refractivity contribution is 5.72. The Bertz CT molecular complexity index is 1070. The van der Waals surface area contributed by atoms with Crippen LogP contribution in [0.25, 0.3) is 0 Å². The first-order chi connectivity index (χ1) is 16.7. The van der Waals surface area contributed by atoms with Gasteiger partial charge in [-0.15, -0.1) is 0 Å². The number of ether oxygens (including phenoxy) is 2. The maximum Gasteiger partial charge on any atom is 0.333 e. The summed E-state index contributed by atoms with van der Waals surface area (Å²) < 4.78 is 11.2. The van der Waals surface area contributed by atoms with E-state index < -0.39 is 12.1 Å². The summed E-state index contributed by atoms with van der Waals surface area (Å²) in [6, 6.07) is 16.3. The predicted octanol–water partition coefficient (Wildman–Crippen LogP) is 4.84. The van der Waals surface area contributed by atoms with Gasteiger partial charge in [0, 0.05) is 32.0 Å². The summed E-state index contributed by atoms with van der Waals surface area (Å²) in [5, 5.41) is 12.8. The Kier molecular flexibility index (Phi) is 8.34. The minimum atomic E-state index is -0.938. The lowest BCUT2D eigenvalue weighted by Gasteiger charge is -2.24. The lowest BCUT2D eigenvalue weighted by molar-refractivity contribution is -0.149. The molecule has 0 spiro atoms. The number of carboxylic acid groups (broad SMARTS) is 1. The standard InChI is InChI=1S/C29H33NO4/c1-2-33-28(29(31)32)19-21-11-15-24(16-12-21)34-18-17-30-20-27-25-9-5-3-7-22(25)13-14-23-8-4-6-10-26(23)27/h3-7,9-12,14-16,27-28,30H,2,8,13,17-20H2,1H3,(H,31,32). The number of nitrogens with one attached hydrogen (secondary N) is 1. The highest BCUT2D eigenvalue weighted by Gasteiger charge is 2.24. The van der Waals surface area contributed by atoms with Crippen molar-refractivity contribution in [1.82, 2.24) is 5.32 Å². The number of allylic oxidation sites excluding steroid dienone is 5. The number of hydrogen-bond acceptors (Lipinski definition) is 4. The highest BCUT2D eigenvalue weighted by Crippen LogP contribution is 2.37. The molecule has 5 heteroatoms. The van der Waals surface area contributed by atoms with Gasteiger partial charge < -0.3 is 19.9 Å². The Morgan fingerprint density at radius 2 is 1.97 bits per heavy atom. The van der Waals surface area contributed by atoms with E-state index in [1.54, 1.807) is 6.92 Å². The van der Waals surface area contributed by atoms with Gasteiger partial charge in [0.05, 0.1) is 0 Å². The van der Waals surface area contributed by atoms with Crippen LogP contribution in [0, 0.1) is 0 Å². The molecule has 0 bridgehead atoms. The normalized spacial score (nSPS) is 17.6. The van der Waals surface area contributed by atoms with Gasteiger partial charge in [0.2, 0.25) is 0 Å². The molecule has 2 atom stereocenters. The number of carbonyl (C=O) groups is 1. The van der Waals surface area contributed by atoms with Crippen molar-refractivity contribution in [2.45, 2.75) is 38.2 Å². The van der Waals surface area contributed by atoms with Gasteiger partial charge in [-0.3, -0.25) is 0 Å². The molecule has 2 aliphatic carbocycles. The van der Waals surface area contributed by atoms with Gasteiger partial charge in [0.1, 0.15) is 12.4 Å². The predicted molar refractivity (Wildman–Crippen MR) is 134 cm³/mol. The fourth-order valence-corrected chi connectivity index (χ4v) is 4.66. The van der Waals surface area contributed by atoms with Crippen LogP contribution in [0.5, 0.6) is 5.75 Å². The molecule has 178 valence electrons. The van der Waals surface area contributed by atoms with Crippen LogP contribution < -0.4 is 10.1 Å². The second-order valence-corrected chi connectivity index (χ2v) is 8.62. The van der Waals surface area contributed by atoms with Crippen molar-refractivity contribution in [2.24, 2.45) is 0 Å². The van der Waals surface area contributed by atoms with E-state index in [1.807, 2.05) is 24.3 Å². The van der Waals surface area contributed by atoms with E-state index >= 15 is 0 Å². The molecule has 0 saturated heterocycles. The van der Waals surface area contributed by atoms with Gasteiger partial charge in [-0.25, -0.2) is 4.79 Å². The number of aliphatic carboxylic acids is 1. The topological polar surface area (TPSA) is 67.8 Å². The van der Waals surface area contributed by atoms with Crippen LogP contribution in [0.15, 0.2) is 84.0 Å². The molecule has 0 aromatic heterocycles. The molecule has 2 aliphatic rings. The first kappa shape index (κ1) is 24.0. The molecular weight excluding hydrogens is 426 g/mol. The molecule has 2 aromatic carbocycles. The zero-order valence-electron chi connectivity index (χ0n) is 19.7. The molecule has 0 fully saturated rings. The number of carboxylic acids is 1. The average Bonchev–Trinajstić information content (AvgIpc) is 3.01. The average molecular weight is 460 g/mol. The van der Waals surface area contributed by atoms with Crippen molar-refractivity contribution < 1.29 is 19.4 Å². The van der Waals surface area contributed by atoms with E-state index in [0.717, 1.165) is 37.2 Å². The summed E-state index contributed by atoms with van der Waals surface area (Å²) in [4.78, 5) is 11.3. The SMILES string of the molecule is CCOC(Cc1ccc(OCCNCC2C3=CC=CCC3=CCc3ccccc32)cc1)C(=O)O. The third-order valence-electron chi connectivity index (χ3n) is 6.38. The second-order valence-electron chi connectivity index (χ2n) is 8.62. The molecule has 0 saturated carbocycles. The van der Waals surface area contributed by atoms with Gasteiger partial charge in [0.15, 0.2) is 6.10 Å². The van der Waals surface area contributed by atoms with E-state index in [4.69, 9.17) is 9.47 Å². The summed E-state index contributed by atoms with van der Waals surface area (Å²) in [5.41, 5.74) is 6.59. The summed E-state index contributed by atoms with van der Waals surface area (Å²) >= 11 is 0. The number of benzene rings is 2. The van der Waals surface area contributed by atoms with Gasteiger partial charge >= 0.3 is 5.97 Å². The number of rotatable bonds is 11. The lowest BCUT2D eigenvalue weighted by atomic mass is 9.83. The molecule has 0 radical (unpaired) electrons. The van der Waals surface area contributed by atoms with Crippen LogP contribution >= 0.6 is 0 Å².